The van der Waals surface area contributed by atoms with Crippen LogP contribution in [0.5, 0.6) is 0 Å². The summed E-state index contributed by atoms with van der Waals surface area (Å²) in [4.78, 5) is 11.6. The first kappa shape index (κ1) is 18.3. The Morgan fingerprint density at radius 2 is 2.08 bits per heavy atom. The molecule has 0 aliphatic heterocycles. The minimum Gasteiger partial charge on any atom is -0.443 e. The van der Waals surface area contributed by atoms with E-state index in [0.717, 1.165) is 5.69 Å². The molecule has 0 bridgehead atoms. The summed E-state index contributed by atoms with van der Waals surface area (Å²) in [5.74, 6) is 0. The van der Waals surface area contributed by atoms with Crippen LogP contribution in [0.2, 0.25) is 10.2 Å². The number of hydrogen-bond acceptors (Lipinski definition) is 4. The van der Waals surface area contributed by atoms with Crippen LogP contribution in [0.4, 0.5) is 4.79 Å². The van der Waals surface area contributed by atoms with Gasteiger partial charge in [-0.15, -0.1) is 0 Å². The Balaban J connectivity index is 2.18. The Morgan fingerprint density at radius 3 is 2.71 bits per heavy atom. The van der Waals surface area contributed by atoms with Gasteiger partial charge in [0.05, 0.1) is 23.2 Å². The molecule has 1 aromatic heterocycles. The van der Waals surface area contributed by atoms with Gasteiger partial charge in [0, 0.05) is 5.02 Å². The fourth-order valence-corrected chi connectivity index (χ4v) is 2.39. The van der Waals surface area contributed by atoms with Gasteiger partial charge in [-0.3, -0.25) is 0 Å². The van der Waals surface area contributed by atoms with Crippen molar-refractivity contribution in [1.29, 1.82) is 0 Å². The Hall–Kier alpha value is -2.05. The van der Waals surface area contributed by atoms with Crippen LogP contribution in [0.15, 0.2) is 29.4 Å². The molecule has 0 unspecified atom stereocenters. The van der Waals surface area contributed by atoms with E-state index >= 15 is 0 Å². The fraction of sp³-hybridized carbons (Fsp3) is 0.312. The summed E-state index contributed by atoms with van der Waals surface area (Å²) in [5.41, 5.74) is 3.68. The van der Waals surface area contributed by atoms with Gasteiger partial charge >= 0.3 is 6.09 Å². The van der Waals surface area contributed by atoms with E-state index in [0.29, 0.717) is 21.4 Å². The smallest absolute Gasteiger partial charge is 0.428 e. The summed E-state index contributed by atoms with van der Waals surface area (Å²) in [5, 5.41) is 9.18. The highest BCUT2D eigenvalue weighted by molar-refractivity contribution is 6.32. The average molecular weight is 369 g/mol. The van der Waals surface area contributed by atoms with E-state index in [1.807, 2.05) is 12.1 Å². The highest BCUT2D eigenvalue weighted by Gasteiger charge is 2.16. The number of hydrazone groups is 1. The van der Waals surface area contributed by atoms with Gasteiger partial charge in [-0.2, -0.15) is 10.2 Å². The summed E-state index contributed by atoms with van der Waals surface area (Å²) in [6.07, 6.45) is 0.782. The second-order valence-corrected chi connectivity index (χ2v) is 6.85. The summed E-state index contributed by atoms with van der Waals surface area (Å²) in [6, 6.07) is 7.16. The Morgan fingerprint density at radius 1 is 1.38 bits per heavy atom. The number of nitrogens with zero attached hydrogens (tertiary/aromatic N) is 3. The lowest BCUT2D eigenvalue weighted by atomic mass is 10.2. The van der Waals surface area contributed by atoms with Crippen molar-refractivity contribution in [1.82, 2.24) is 15.2 Å². The van der Waals surface area contributed by atoms with Crippen LogP contribution in [0.3, 0.4) is 0 Å². The molecule has 1 aromatic carbocycles. The molecule has 2 rings (SSSR count). The van der Waals surface area contributed by atoms with Crippen LogP contribution >= 0.6 is 23.2 Å². The van der Waals surface area contributed by atoms with E-state index in [9.17, 15) is 4.79 Å². The number of nitrogens with one attached hydrogen (secondary N) is 1. The minimum atomic E-state index is -0.644. The zero-order valence-electron chi connectivity index (χ0n) is 13.8. The van der Waals surface area contributed by atoms with Crippen molar-refractivity contribution in [3.63, 3.8) is 0 Å². The first-order valence-electron chi connectivity index (χ1n) is 7.20. The Kier molecular flexibility index (Phi) is 5.51. The topological polar surface area (TPSA) is 68.5 Å². The predicted molar refractivity (Wildman–Crippen MR) is 95.3 cm³/mol. The molecule has 0 aliphatic carbocycles. The number of benzene rings is 1. The number of carbonyl (C=O) groups excluding carboxylic acids is 1. The zero-order valence-corrected chi connectivity index (χ0v) is 15.3. The van der Waals surface area contributed by atoms with E-state index < -0.39 is 11.7 Å². The van der Waals surface area contributed by atoms with E-state index in [1.165, 1.54) is 6.21 Å². The molecule has 0 saturated carbocycles. The van der Waals surface area contributed by atoms with Gasteiger partial charge in [-0.05, 0) is 45.9 Å². The quantitative estimate of drug-likeness (QED) is 0.646. The van der Waals surface area contributed by atoms with Gasteiger partial charge in [0.2, 0.25) is 0 Å². The zero-order chi connectivity index (χ0) is 17.9. The predicted octanol–water partition coefficient (Wildman–Crippen LogP) is 4.35. The largest absolute Gasteiger partial charge is 0.443 e. The van der Waals surface area contributed by atoms with Crippen molar-refractivity contribution in [2.45, 2.75) is 33.3 Å². The van der Waals surface area contributed by atoms with E-state index in [2.05, 4.69) is 15.6 Å². The van der Waals surface area contributed by atoms with Gasteiger partial charge in [0.15, 0.2) is 0 Å². The minimum absolute atomic E-state index is 0.365. The van der Waals surface area contributed by atoms with Crippen LogP contribution in [0, 0.1) is 6.92 Å². The maximum Gasteiger partial charge on any atom is 0.428 e. The molecule has 6 nitrogen and oxygen atoms in total. The molecule has 0 atom stereocenters. The fourth-order valence-electron chi connectivity index (χ4n) is 1.89. The van der Waals surface area contributed by atoms with Crippen LogP contribution < -0.4 is 5.43 Å². The number of hydrogen-bond donors (Lipinski definition) is 1. The molecule has 0 saturated heterocycles. The molecular weight excluding hydrogens is 351 g/mol. The van der Waals surface area contributed by atoms with Crippen LogP contribution in [0.25, 0.3) is 5.69 Å². The molecule has 0 radical (unpaired) electrons. The van der Waals surface area contributed by atoms with Crippen LogP contribution in [-0.4, -0.2) is 27.7 Å². The molecule has 0 spiro atoms. The molecular formula is C16H18Cl2N4O2. The maximum absolute atomic E-state index is 11.6. The number of rotatable bonds is 3. The molecule has 1 heterocycles. The third-order valence-corrected chi connectivity index (χ3v) is 3.45. The summed E-state index contributed by atoms with van der Waals surface area (Å²) >= 11 is 12.4. The summed E-state index contributed by atoms with van der Waals surface area (Å²) in [7, 11) is 0. The van der Waals surface area contributed by atoms with Gasteiger partial charge < -0.3 is 4.74 Å². The Labute approximate surface area is 150 Å². The number of aromatic nitrogens is 2. The number of carbonyl (C=O) groups is 1. The monoisotopic (exact) mass is 368 g/mol. The SMILES string of the molecule is Cc1nn(-c2cccc(Cl)c2)c(Cl)c1/C=N\NC(=O)OC(C)(C)C. The molecule has 1 amide bonds. The molecule has 8 heteroatoms. The van der Waals surface area contributed by atoms with Gasteiger partial charge in [0.25, 0.3) is 0 Å². The normalized spacial score (nSPS) is 11.8. The molecule has 128 valence electrons. The molecule has 24 heavy (non-hydrogen) atoms. The number of amides is 1. The first-order chi connectivity index (χ1) is 11.2. The number of ether oxygens (including phenoxy) is 1. The van der Waals surface area contributed by atoms with Crippen molar-refractivity contribution in [2.24, 2.45) is 5.10 Å². The van der Waals surface area contributed by atoms with Gasteiger partial charge in [0.1, 0.15) is 10.8 Å². The van der Waals surface area contributed by atoms with Crippen LogP contribution in [0.1, 0.15) is 32.0 Å². The van der Waals surface area contributed by atoms with Gasteiger partial charge in [-0.25, -0.2) is 14.9 Å². The second kappa shape index (κ2) is 7.23. The number of halogens is 2. The van der Waals surface area contributed by atoms with Crippen molar-refractivity contribution < 1.29 is 9.53 Å². The van der Waals surface area contributed by atoms with Crippen molar-refractivity contribution >= 4 is 35.5 Å². The third kappa shape index (κ3) is 4.72. The molecule has 1 N–H and O–H groups in total. The Bertz CT molecular complexity index is 779. The van der Waals surface area contributed by atoms with E-state index in [-0.39, 0.29) is 0 Å². The number of aryl methyl sites for hydroxylation is 1. The molecule has 0 fully saturated rings. The van der Waals surface area contributed by atoms with E-state index in [4.69, 9.17) is 27.9 Å². The second-order valence-electron chi connectivity index (χ2n) is 6.05. The highest BCUT2D eigenvalue weighted by Crippen LogP contribution is 2.23. The lowest BCUT2D eigenvalue weighted by molar-refractivity contribution is 0.0529. The van der Waals surface area contributed by atoms with Crippen molar-refractivity contribution in [3.8, 4) is 5.69 Å². The summed E-state index contributed by atoms with van der Waals surface area (Å²) in [6.45, 7) is 7.10. The first-order valence-corrected chi connectivity index (χ1v) is 7.96. The molecule has 2 aromatic rings. The van der Waals surface area contributed by atoms with E-state index in [1.54, 1.807) is 44.5 Å². The maximum atomic E-state index is 11.6. The van der Waals surface area contributed by atoms with Crippen molar-refractivity contribution in [3.05, 3.63) is 45.7 Å². The van der Waals surface area contributed by atoms with Crippen molar-refractivity contribution in [2.75, 3.05) is 0 Å². The standard InChI is InChI=1S/C16H18Cl2N4O2/c1-10-13(9-19-20-15(23)24-16(2,3)4)14(18)22(21-10)12-7-5-6-11(17)8-12/h5-9H,1-4H3,(H,20,23)/b19-9-. The third-order valence-electron chi connectivity index (χ3n) is 2.85. The molecule has 0 aliphatic rings. The van der Waals surface area contributed by atoms with Crippen LogP contribution in [-0.2, 0) is 4.74 Å². The lowest BCUT2D eigenvalue weighted by Crippen LogP contribution is -2.29. The summed E-state index contributed by atoms with van der Waals surface area (Å²) < 4.78 is 6.64. The van der Waals surface area contributed by atoms with Gasteiger partial charge in [-0.1, -0.05) is 29.3 Å². The lowest BCUT2D eigenvalue weighted by Gasteiger charge is -2.18. The average Bonchev–Trinajstić information content (AvgIpc) is 2.73. The highest BCUT2D eigenvalue weighted by atomic mass is 35.5.